The number of rotatable bonds is 9. The van der Waals surface area contributed by atoms with Crippen LogP contribution in [-0.2, 0) is 19.1 Å². The molecule has 32 heavy (non-hydrogen) atoms. The molecule has 2 rings (SSSR count). The zero-order chi connectivity index (χ0) is 23.8. The van der Waals surface area contributed by atoms with Crippen LogP contribution in [0, 0.1) is 11.8 Å². The number of aromatic nitrogens is 1. The Hall–Kier alpha value is -3.21. The maximum atomic E-state index is 12.4. The fourth-order valence-corrected chi connectivity index (χ4v) is 3.82. The van der Waals surface area contributed by atoms with Gasteiger partial charge in [-0.15, -0.1) is 11.3 Å². The third-order valence-electron chi connectivity index (χ3n) is 4.71. The number of ether oxygens (including phenoxy) is 1. The van der Waals surface area contributed by atoms with Crippen molar-refractivity contribution in [1.82, 2.24) is 20.9 Å². The summed E-state index contributed by atoms with van der Waals surface area (Å²) in [4.78, 5) is 54.5. The summed E-state index contributed by atoms with van der Waals surface area (Å²) >= 11 is 1.29. The first-order valence-electron chi connectivity index (χ1n) is 10.2. The van der Waals surface area contributed by atoms with Gasteiger partial charge in [0.25, 0.3) is 11.8 Å². The number of methoxy groups -OCH3 is 1. The van der Waals surface area contributed by atoms with Gasteiger partial charge in [0.05, 0.1) is 18.7 Å². The van der Waals surface area contributed by atoms with Crippen LogP contribution >= 0.6 is 11.3 Å². The van der Waals surface area contributed by atoms with Gasteiger partial charge in [-0.3, -0.25) is 14.4 Å². The molecule has 0 unspecified atom stereocenters. The van der Waals surface area contributed by atoms with Gasteiger partial charge in [0.1, 0.15) is 11.4 Å². The number of hydrogen-bond donors (Lipinski definition) is 3. The number of carbonyl (C=O) groups is 4. The third-order valence-corrected chi connectivity index (χ3v) is 5.61. The van der Waals surface area contributed by atoms with E-state index >= 15 is 0 Å². The molecule has 0 bridgehead atoms. The second-order valence-electron chi connectivity index (χ2n) is 7.80. The monoisotopic (exact) mass is 463 g/mol. The van der Waals surface area contributed by atoms with E-state index in [1.54, 1.807) is 5.38 Å². The minimum Gasteiger partial charge on any atom is -0.464 e. The molecule has 11 heteroatoms. The van der Waals surface area contributed by atoms with Crippen molar-refractivity contribution < 1.29 is 23.9 Å². The van der Waals surface area contributed by atoms with Gasteiger partial charge in [0.2, 0.25) is 5.91 Å². The molecule has 0 aliphatic carbocycles. The number of hydrogen-bond acceptors (Lipinski definition) is 8. The van der Waals surface area contributed by atoms with Crippen LogP contribution in [0.3, 0.4) is 0 Å². The molecule has 10 nitrogen and oxygen atoms in total. The zero-order valence-corrected chi connectivity index (χ0v) is 19.3. The zero-order valence-electron chi connectivity index (χ0n) is 18.5. The lowest BCUT2D eigenvalue weighted by atomic mass is 9.97. The van der Waals surface area contributed by atoms with Crippen molar-refractivity contribution in [1.29, 1.82) is 0 Å². The van der Waals surface area contributed by atoms with Crippen LogP contribution in [0.2, 0.25) is 0 Å². The maximum Gasteiger partial charge on any atom is 0.353 e. The Morgan fingerprint density at radius 1 is 1.25 bits per heavy atom. The van der Waals surface area contributed by atoms with E-state index in [1.807, 2.05) is 18.7 Å². The highest BCUT2D eigenvalue weighted by molar-refractivity contribution is 7.13. The molecule has 1 atom stereocenters. The van der Waals surface area contributed by atoms with Gasteiger partial charge in [0.15, 0.2) is 5.13 Å². The molecule has 0 aromatic carbocycles. The highest BCUT2D eigenvalue weighted by Gasteiger charge is 2.28. The molecule has 0 saturated carbocycles. The van der Waals surface area contributed by atoms with Crippen molar-refractivity contribution in [3.05, 3.63) is 35.6 Å². The summed E-state index contributed by atoms with van der Waals surface area (Å²) in [7, 11) is 1.15. The maximum absolute atomic E-state index is 12.4. The number of carbonyl (C=O) groups excluding carboxylic acids is 4. The quantitative estimate of drug-likeness (QED) is 0.370. The lowest BCUT2D eigenvalue weighted by Crippen LogP contribution is -2.43. The summed E-state index contributed by atoms with van der Waals surface area (Å²) in [5, 5.41) is 9.72. The molecule has 1 fully saturated rings. The Morgan fingerprint density at radius 2 is 1.97 bits per heavy atom. The smallest absolute Gasteiger partial charge is 0.353 e. The van der Waals surface area contributed by atoms with Crippen LogP contribution in [-0.4, -0.2) is 55.4 Å². The Bertz CT molecular complexity index is 910. The van der Waals surface area contributed by atoms with Gasteiger partial charge in [0, 0.05) is 25.0 Å². The Kier molecular flexibility index (Phi) is 8.94. The first-order chi connectivity index (χ1) is 15.1. The molecule has 1 aliphatic rings. The van der Waals surface area contributed by atoms with E-state index in [9.17, 15) is 19.2 Å². The molecule has 1 saturated heterocycles. The highest BCUT2D eigenvalue weighted by atomic mass is 32.1. The molecule has 1 aromatic heterocycles. The van der Waals surface area contributed by atoms with E-state index < -0.39 is 17.8 Å². The third kappa shape index (κ3) is 6.91. The fourth-order valence-electron chi connectivity index (χ4n) is 2.97. The molecule has 2 heterocycles. The standard InChI is InChI=1S/C21H29N5O5S/c1-12(2)9-22-18(28)15-7-6-8-26(10-15)21-25-16(11-32-21)19(29)23-13(3)17(27)24-14(4)20(30)31-5/h11-12,15H,3-4,6-10H2,1-2,5H3,(H,22,28)(H,23,29)(H,24,27)/t15-/m0/s1. The Balaban J connectivity index is 1.93. The lowest BCUT2D eigenvalue weighted by molar-refractivity contribution is -0.137. The Morgan fingerprint density at radius 3 is 2.62 bits per heavy atom. The number of anilines is 1. The van der Waals surface area contributed by atoms with Crippen molar-refractivity contribution in [2.24, 2.45) is 11.8 Å². The minimum atomic E-state index is -0.806. The summed E-state index contributed by atoms with van der Waals surface area (Å²) in [6.45, 7) is 12.9. The van der Waals surface area contributed by atoms with Crippen molar-refractivity contribution in [3.63, 3.8) is 0 Å². The predicted octanol–water partition coefficient (Wildman–Crippen LogP) is 1.18. The summed E-state index contributed by atoms with van der Waals surface area (Å²) in [6.07, 6.45) is 1.66. The first-order valence-corrected chi connectivity index (χ1v) is 11.1. The second kappa shape index (κ2) is 11.4. The Labute approximate surface area is 191 Å². The molecule has 3 amide bonds. The topological polar surface area (TPSA) is 130 Å². The number of thiazole rings is 1. The van der Waals surface area contributed by atoms with Crippen LogP contribution in [0.5, 0.6) is 0 Å². The summed E-state index contributed by atoms with van der Waals surface area (Å²) < 4.78 is 4.44. The van der Waals surface area contributed by atoms with E-state index in [2.05, 4.69) is 38.8 Å². The van der Waals surface area contributed by atoms with Gasteiger partial charge in [-0.25, -0.2) is 9.78 Å². The number of nitrogens with one attached hydrogen (secondary N) is 3. The minimum absolute atomic E-state index is 0.0359. The molecule has 174 valence electrons. The van der Waals surface area contributed by atoms with Crippen LogP contribution in [0.15, 0.2) is 29.9 Å². The van der Waals surface area contributed by atoms with Gasteiger partial charge < -0.3 is 25.6 Å². The molecular weight excluding hydrogens is 434 g/mol. The molecular formula is C21H29N5O5S. The average Bonchev–Trinajstić information content (AvgIpc) is 3.27. The van der Waals surface area contributed by atoms with Crippen molar-refractivity contribution >= 4 is 40.2 Å². The molecule has 0 radical (unpaired) electrons. The van der Waals surface area contributed by atoms with Gasteiger partial charge >= 0.3 is 5.97 Å². The molecule has 1 aliphatic heterocycles. The number of nitrogens with zero attached hydrogens (tertiary/aromatic N) is 2. The summed E-state index contributed by atoms with van der Waals surface area (Å²) in [5.74, 6) is -1.92. The van der Waals surface area contributed by atoms with Crippen molar-refractivity contribution in [2.45, 2.75) is 26.7 Å². The molecule has 1 aromatic rings. The SMILES string of the molecule is C=C(NC(=O)c1csc(N2CCC[C@H](C(=O)NCC(C)C)C2)n1)C(=O)NC(=C)C(=O)OC. The highest BCUT2D eigenvalue weighted by Crippen LogP contribution is 2.26. The molecule has 3 N–H and O–H groups in total. The lowest BCUT2D eigenvalue weighted by Gasteiger charge is -2.31. The second-order valence-corrected chi connectivity index (χ2v) is 8.63. The number of amides is 3. The van der Waals surface area contributed by atoms with E-state index in [1.165, 1.54) is 11.3 Å². The van der Waals surface area contributed by atoms with Crippen LogP contribution in [0.25, 0.3) is 0 Å². The normalized spacial score (nSPS) is 15.6. The average molecular weight is 464 g/mol. The summed E-state index contributed by atoms with van der Waals surface area (Å²) in [5.41, 5.74) is -0.424. The number of piperidine rings is 1. The predicted molar refractivity (Wildman–Crippen MR) is 121 cm³/mol. The van der Waals surface area contributed by atoms with Crippen LogP contribution in [0.4, 0.5) is 5.13 Å². The van der Waals surface area contributed by atoms with E-state index in [4.69, 9.17) is 0 Å². The van der Waals surface area contributed by atoms with Crippen LogP contribution < -0.4 is 20.9 Å². The van der Waals surface area contributed by atoms with Crippen molar-refractivity contribution in [2.75, 3.05) is 31.6 Å². The van der Waals surface area contributed by atoms with Gasteiger partial charge in [-0.05, 0) is 18.8 Å². The van der Waals surface area contributed by atoms with Gasteiger partial charge in [-0.2, -0.15) is 0 Å². The van der Waals surface area contributed by atoms with Crippen molar-refractivity contribution in [3.8, 4) is 0 Å². The first kappa shape index (κ1) is 25.1. The van der Waals surface area contributed by atoms with Crippen LogP contribution in [0.1, 0.15) is 37.2 Å². The number of esters is 1. The van der Waals surface area contributed by atoms with E-state index in [0.29, 0.717) is 24.1 Å². The largest absolute Gasteiger partial charge is 0.464 e. The van der Waals surface area contributed by atoms with E-state index in [-0.39, 0.29) is 28.9 Å². The fraction of sp³-hybridized carbons (Fsp3) is 0.476. The summed E-state index contributed by atoms with van der Waals surface area (Å²) in [6, 6.07) is 0. The van der Waals surface area contributed by atoms with E-state index in [0.717, 1.165) is 26.5 Å². The molecule has 0 spiro atoms. The van der Waals surface area contributed by atoms with Gasteiger partial charge in [-0.1, -0.05) is 27.0 Å².